The number of benzene rings is 1. The minimum absolute atomic E-state index is 0.434. The van der Waals surface area contributed by atoms with Crippen molar-refractivity contribution in [2.75, 3.05) is 6.26 Å². The zero-order chi connectivity index (χ0) is 14.3. The Hall–Kier alpha value is -0.870. The molecule has 3 nitrogen and oxygen atoms in total. The fraction of sp³-hybridized carbons (Fsp3) is 0.600. The molecule has 0 saturated heterocycles. The molecule has 0 amide bonds. The fourth-order valence-electron chi connectivity index (χ4n) is 3.27. The number of sulfone groups is 1. The predicted molar refractivity (Wildman–Crippen MR) is 77.1 cm³/mol. The van der Waals surface area contributed by atoms with Gasteiger partial charge in [-0.1, -0.05) is 18.2 Å². The molecule has 1 N–H and O–H groups in total. The van der Waals surface area contributed by atoms with Crippen LogP contribution in [0.1, 0.15) is 36.0 Å². The highest BCUT2D eigenvalue weighted by Gasteiger charge is 2.46. The number of rotatable bonds is 3. The molecule has 0 radical (unpaired) electrons. The first-order valence-corrected chi connectivity index (χ1v) is 8.66. The van der Waals surface area contributed by atoms with Crippen LogP contribution in [0.25, 0.3) is 0 Å². The molecule has 0 spiro atoms. The maximum Gasteiger partial charge on any atom is 0.153 e. The van der Waals surface area contributed by atoms with Crippen LogP contribution in [0.15, 0.2) is 18.2 Å². The Morgan fingerprint density at radius 3 is 2.42 bits per heavy atom. The summed E-state index contributed by atoms with van der Waals surface area (Å²) in [4.78, 5) is 0. The molecule has 106 valence electrons. The molecule has 1 saturated carbocycles. The quantitative estimate of drug-likeness (QED) is 0.924. The lowest BCUT2D eigenvalue weighted by atomic mass is 9.88. The minimum atomic E-state index is -3.21. The summed E-state index contributed by atoms with van der Waals surface area (Å²) in [5, 5.41) is 10.2. The van der Waals surface area contributed by atoms with Crippen molar-refractivity contribution in [3.05, 3.63) is 34.9 Å². The zero-order valence-electron chi connectivity index (χ0n) is 11.8. The Morgan fingerprint density at radius 2 is 1.89 bits per heavy atom. The van der Waals surface area contributed by atoms with E-state index in [1.54, 1.807) is 0 Å². The van der Waals surface area contributed by atoms with Crippen LogP contribution in [0.4, 0.5) is 0 Å². The van der Waals surface area contributed by atoms with Crippen molar-refractivity contribution in [3.63, 3.8) is 0 Å². The molecule has 0 aromatic heterocycles. The average molecular weight is 282 g/mol. The number of aliphatic hydroxyl groups is 1. The molecule has 1 aromatic carbocycles. The summed E-state index contributed by atoms with van der Waals surface area (Å²) in [6.07, 6.45) is 3.58. The standard InChI is InChI=1S/C15H22O3S/c1-11-6-4-7-12(2)13(11)10-15(16)9-5-8-14(15)19(3,17)18/h4,6-7,14,16H,5,8-10H2,1-3H3. The van der Waals surface area contributed by atoms with Crippen molar-refractivity contribution in [2.24, 2.45) is 0 Å². The second-order valence-corrected chi connectivity index (χ2v) is 8.09. The van der Waals surface area contributed by atoms with Gasteiger partial charge in [0.15, 0.2) is 9.84 Å². The molecule has 2 rings (SSSR count). The number of aryl methyl sites for hydroxylation is 2. The molecule has 1 aliphatic rings. The van der Waals surface area contributed by atoms with Gasteiger partial charge in [0, 0.05) is 12.7 Å². The molecule has 4 heteroatoms. The number of hydrogen-bond acceptors (Lipinski definition) is 3. The van der Waals surface area contributed by atoms with Crippen molar-refractivity contribution in [1.29, 1.82) is 0 Å². The SMILES string of the molecule is Cc1cccc(C)c1CC1(O)CCCC1S(C)(=O)=O. The van der Waals surface area contributed by atoms with Crippen LogP contribution in [-0.4, -0.2) is 30.6 Å². The largest absolute Gasteiger partial charge is 0.388 e. The van der Waals surface area contributed by atoms with Crippen molar-refractivity contribution < 1.29 is 13.5 Å². The zero-order valence-corrected chi connectivity index (χ0v) is 12.6. The van der Waals surface area contributed by atoms with Crippen LogP contribution in [0.5, 0.6) is 0 Å². The Bertz CT molecular complexity index is 557. The van der Waals surface area contributed by atoms with E-state index in [2.05, 4.69) is 0 Å². The van der Waals surface area contributed by atoms with Gasteiger partial charge in [0.05, 0.1) is 10.9 Å². The summed E-state index contributed by atoms with van der Waals surface area (Å²) in [5.41, 5.74) is 2.21. The van der Waals surface area contributed by atoms with Crippen molar-refractivity contribution in [3.8, 4) is 0 Å². The van der Waals surface area contributed by atoms with Crippen molar-refractivity contribution >= 4 is 9.84 Å². The van der Waals surface area contributed by atoms with Gasteiger partial charge in [0.25, 0.3) is 0 Å². The second kappa shape index (κ2) is 4.91. The van der Waals surface area contributed by atoms with Gasteiger partial charge in [-0.25, -0.2) is 8.42 Å². The Morgan fingerprint density at radius 1 is 1.32 bits per heavy atom. The number of hydrogen-bond donors (Lipinski definition) is 1. The van der Waals surface area contributed by atoms with Crippen LogP contribution in [0.2, 0.25) is 0 Å². The lowest BCUT2D eigenvalue weighted by Crippen LogP contribution is -2.44. The van der Waals surface area contributed by atoms with E-state index >= 15 is 0 Å². The van der Waals surface area contributed by atoms with E-state index in [-0.39, 0.29) is 0 Å². The topological polar surface area (TPSA) is 54.4 Å². The normalized spacial score (nSPS) is 27.7. The summed E-state index contributed by atoms with van der Waals surface area (Å²) < 4.78 is 23.7. The minimum Gasteiger partial charge on any atom is -0.388 e. The van der Waals surface area contributed by atoms with Crippen LogP contribution in [0.3, 0.4) is 0 Å². The van der Waals surface area contributed by atoms with E-state index < -0.39 is 20.7 Å². The molecule has 2 atom stereocenters. The monoisotopic (exact) mass is 282 g/mol. The molecule has 1 aromatic rings. The van der Waals surface area contributed by atoms with Gasteiger partial charge in [-0.2, -0.15) is 0 Å². The smallest absolute Gasteiger partial charge is 0.153 e. The Labute approximate surface area is 115 Å². The third-order valence-electron chi connectivity index (χ3n) is 4.32. The van der Waals surface area contributed by atoms with E-state index in [0.717, 1.165) is 23.1 Å². The van der Waals surface area contributed by atoms with Gasteiger partial charge < -0.3 is 5.11 Å². The molecule has 1 aliphatic carbocycles. The second-order valence-electron chi connectivity index (χ2n) is 5.86. The Kier molecular flexibility index (Phi) is 3.76. The molecule has 19 heavy (non-hydrogen) atoms. The first-order chi connectivity index (χ1) is 8.74. The van der Waals surface area contributed by atoms with Crippen molar-refractivity contribution in [1.82, 2.24) is 0 Å². The first kappa shape index (κ1) is 14.5. The van der Waals surface area contributed by atoms with E-state index in [1.807, 2.05) is 32.0 Å². The maximum atomic E-state index is 11.8. The highest BCUT2D eigenvalue weighted by molar-refractivity contribution is 7.91. The van der Waals surface area contributed by atoms with Gasteiger partial charge in [-0.05, 0) is 49.8 Å². The van der Waals surface area contributed by atoms with Gasteiger partial charge in [0.2, 0.25) is 0 Å². The third-order valence-corrected chi connectivity index (χ3v) is 6.03. The summed E-state index contributed by atoms with van der Waals surface area (Å²) in [5.74, 6) is 0. The highest BCUT2D eigenvalue weighted by atomic mass is 32.2. The molecule has 0 bridgehead atoms. The average Bonchev–Trinajstić information content (AvgIpc) is 2.66. The molecule has 2 unspecified atom stereocenters. The maximum absolute atomic E-state index is 11.8. The van der Waals surface area contributed by atoms with Gasteiger partial charge in [-0.15, -0.1) is 0 Å². The predicted octanol–water partition coefficient (Wildman–Crippen LogP) is 2.17. The summed E-state index contributed by atoms with van der Waals surface area (Å²) in [6.45, 7) is 4.02. The Balaban J connectivity index is 2.36. The fourth-order valence-corrected chi connectivity index (χ4v) is 4.86. The van der Waals surface area contributed by atoms with E-state index in [0.29, 0.717) is 19.3 Å². The lowest BCUT2D eigenvalue weighted by molar-refractivity contribution is 0.0509. The van der Waals surface area contributed by atoms with Crippen molar-refractivity contribution in [2.45, 2.75) is 50.4 Å². The van der Waals surface area contributed by atoms with Gasteiger partial charge in [-0.3, -0.25) is 0 Å². The summed E-state index contributed by atoms with van der Waals surface area (Å²) >= 11 is 0. The summed E-state index contributed by atoms with van der Waals surface area (Å²) in [6, 6.07) is 6.01. The van der Waals surface area contributed by atoms with Crippen LogP contribution in [0, 0.1) is 13.8 Å². The molecular weight excluding hydrogens is 260 g/mol. The third kappa shape index (κ3) is 2.84. The van der Waals surface area contributed by atoms with Crippen LogP contribution in [-0.2, 0) is 16.3 Å². The molecule has 0 heterocycles. The molecular formula is C15H22O3S. The molecule has 1 fully saturated rings. The highest BCUT2D eigenvalue weighted by Crippen LogP contribution is 2.38. The molecule has 0 aliphatic heterocycles. The lowest BCUT2D eigenvalue weighted by Gasteiger charge is -2.30. The first-order valence-electron chi connectivity index (χ1n) is 6.70. The van der Waals surface area contributed by atoms with E-state index in [4.69, 9.17) is 0 Å². The van der Waals surface area contributed by atoms with Gasteiger partial charge >= 0.3 is 0 Å². The van der Waals surface area contributed by atoms with E-state index in [9.17, 15) is 13.5 Å². The summed E-state index contributed by atoms with van der Waals surface area (Å²) in [7, 11) is -3.21. The van der Waals surface area contributed by atoms with Gasteiger partial charge in [0.1, 0.15) is 0 Å². The van der Waals surface area contributed by atoms with Crippen LogP contribution >= 0.6 is 0 Å². The van der Waals surface area contributed by atoms with E-state index in [1.165, 1.54) is 6.26 Å². The van der Waals surface area contributed by atoms with Crippen LogP contribution < -0.4 is 0 Å².